The van der Waals surface area contributed by atoms with Crippen molar-refractivity contribution < 1.29 is 4.42 Å². The summed E-state index contributed by atoms with van der Waals surface area (Å²) in [6, 6.07) is 78.8. The van der Waals surface area contributed by atoms with Crippen molar-refractivity contribution in [2.45, 2.75) is 0 Å². The van der Waals surface area contributed by atoms with Crippen LogP contribution in [0.1, 0.15) is 0 Å². The van der Waals surface area contributed by atoms with E-state index in [0.717, 1.165) is 66.6 Å². The topological polar surface area (TPSA) is 21.3 Å². The van der Waals surface area contributed by atoms with Crippen molar-refractivity contribution in [1.29, 1.82) is 0 Å². The molecular weight excluding hydrogens is 717 g/mol. The highest BCUT2D eigenvalue weighted by Gasteiger charge is 2.20. The number of hydrogen-bond donors (Lipinski definition) is 0. The van der Waals surface area contributed by atoms with Crippen LogP contribution in [0, 0.1) is 0 Å². The van der Waals surface area contributed by atoms with Crippen molar-refractivity contribution in [3.63, 3.8) is 0 Å². The van der Waals surface area contributed by atoms with Gasteiger partial charge < -0.3 is 13.9 Å². The van der Waals surface area contributed by atoms with Gasteiger partial charge in [0, 0.05) is 49.6 Å². The fourth-order valence-electron chi connectivity index (χ4n) is 9.23. The van der Waals surface area contributed by atoms with E-state index >= 15 is 0 Å². The summed E-state index contributed by atoms with van der Waals surface area (Å²) >= 11 is 0. The zero-order valence-electron chi connectivity index (χ0n) is 32.1. The molecule has 0 amide bonds. The van der Waals surface area contributed by atoms with E-state index in [1.165, 1.54) is 43.7 Å². The standard InChI is InChI=1S/C56H36N2O/c1-2-14-44-37(12-1)13-11-19-45(44)38-26-29-41(30-27-38)57(42-31-33-43(34-32-42)58-53-21-8-4-16-47(53)48-17-5-9-22-54(48)58)52-20-7-3-15-46(52)40-25-24-39-28-35-50-49-18-6-10-23-55(49)59-56(50)51(39)36-40/h1-36H. The third-order valence-corrected chi connectivity index (χ3v) is 12.0. The van der Waals surface area contributed by atoms with Gasteiger partial charge in [0.1, 0.15) is 11.2 Å². The Balaban J connectivity index is 1.03. The van der Waals surface area contributed by atoms with E-state index in [4.69, 9.17) is 4.42 Å². The van der Waals surface area contributed by atoms with E-state index in [0.29, 0.717) is 0 Å². The van der Waals surface area contributed by atoms with E-state index in [2.05, 4.69) is 222 Å². The zero-order chi connectivity index (χ0) is 38.9. The van der Waals surface area contributed by atoms with E-state index in [1.54, 1.807) is 0 Å². The molecule has 10 aromatic carbocycles. The first-order valence-corrected chi connectivity index (χ1v) is 20.2. The second-order valence-corrected chi connectivity index (χ2v) is 15.3. The third-order valence-electron chi connectivity index (χ3n) is 12.0. The summed E-state index contributed by atoms with van der Waals surface area (Å²) < 4.78 is 8.90. The Morgan fingerprint density at radius 2 is 0.915 bits per heavy atom. The molecule has 3 nitrogen and oxygen atoms in total. The molecule has 59 heavy (non-hydrogen) atoms. The second kappa shape index (κ2) is 13.4. The molecule has 0 atom stereocenters. The van der Waals surface area contributed by atoms with Crippen molar-refractivity contribution >= 4 is 82.4 Å². The molecule has 0 N–H and O–H groups in total. The van der Waals surface area contributed by atoms with Crippen LogP contribution in [0.3, 0.4) is 0 Å². The lowest BCUT2D eigenvalue weighted by Crippen LogP contribution is -2.11. The molecule has 0 spiro atoms. The fourth-order valence-corrected chi connectivity index (χ4v) is 9.23. The molecule has 0 aliphatic heterocycles. The van der Waals surface area contributed by atoms with Gasteiger partial charge in [-0.3, -0.25) is 0 Å². The number of benzene rings is 10. The predicted molar refractivity (Wildman–Crippen MR) is 249 cm³/mol. The van der Waals surface area contributed by atoms with Crippen LogP contribution in [0.4, 0.5) is 17.1 Å². The lowest BCUT2D eigenvalue weighted by Gasteiger charge is -2.28. The van der Waals surface area contributed by atoms with Crippen molar-refractivity contribution in [1.82, 2.24) is 4.57 Å². The maximum Gasteiger partial charge on any atom is 0.143 e. The van der Waals surface area contributed by atoms with E-state index in [-0.39, 0.29) is 0 Å². The van der Waals surface area contributed by atoms with Gasteiger partial charge in [-0.15, -0.1) is 0 Å². The monoisotopic (exact) mass is 752 g/mol. The fraction of sp³-hybridized carbons (Fsp3) is 0. The molecule has 0 fully saturated rings. The quantitative estimate of drug-likeness (QED) is 0.169. The first-order chi connectivity index (χ1) is 29.3. The molecule has 2 aromatic heterocycles. The Bertz CT molecular complexity index is 3500. The van der Waals surface area contributed by atoms with Crippen LogP contribution >= 0.6 is 0 Å². The Kier molecular flexibility index (Phi) is 7.54. The number of aromatic nitrogens is 1. The predicted octanol–water partition coefficient (Wildman–Crippen LogP) is 15.8. The Labute approximate surface area is 341 Å². The van der Waals surface area contributed by atoms with Crippen LogP contribution in [-0.2, 0) is 0 Å². The lowest BCUT2D eigenvalue weighted by molar-refractivity contribution is 0.672. The molecular formula is C56H36N2O. The largest absolute Gasteiger partial charge is 0.455 e. The Hall–Kier alpha value is -7.88. The number of rotatable bonds is 6. The Morgan fingerprint density at radius 3 is 1.69 bits per heavy atom. The summed E-state index contributed by atoms with van der Waals surface area (Å²) in [5, 5.41) is 9.52. The van der Waals surface area contributed by atoms with Crippen molar-refractivity contribution in [3.8, 4) is 27.9 Å². The summed E-state index contributed by atoms with van der Waals surface area (Å²) in [6.45, 7) is 0. The summed E-state index contributed by atoms with van der Waals surface area (Å²) in [6.07, 6.45) is 0. The summed E-state index contributed by atoms with van der Waals surface area (Å²) in [5.74, 6) is 0. The van der Waals surface area contributed by atoms with E-state index in [9.17, 15) is 0 Å². The van der Waals surface area contributed by atoms with E-state index in [1.807, 2.05) is 6.07 Å². The van der Waals surface area contributed by atoms with Crippen molar-refractivity contribution in [2.24, 2.45) is 0 Å². The zero-order valence-corrected chi connectivity index (χ0v) is 32.1. The highest BCUT2D eigenvalue weighted by molar-refractivity contribution is 6.16. The number of furan rings is 1. The normalized spacial score (nSPS) is 11.7. The van der Waals surface area contributed by atoms with Gasteiger partial charge in [0.15, 0.2) is 0 Å². The first-order valence-electron chi connectivity index (χ1n) is 20.2. The molecule has 0 aliphatic carbocycles. The van der Waals surface area contributed by atoms with Gasteiger partial charge in [0.05, 0.1) is 16.7 Å². The smallest absolute Gasteiger partial charge is 0.143 e. The van der Waals surface area contributed by atoms with Crippen LogP contribution in [-0.4, -0.2) is 4.57 Å². The van der Waals surface area contributed by atoms with Crippen LogP contribution in [0.2, 0.25) is 0 Å². The molecule has 2 heterocycles. The second-order valence-electron chi connectivity index (χ2n) is 15.3. The molecule has 276 valence electrons. The molecule has 0 bridgehead atoms. The van der Waals surface area contributed by atoms with Crippen molar-refractivity contribution in [2.75, 3.05) is 4.90 Å². The highest BCUT2D eigenvalue weighted by Crippen LogP contribution is 2.44. The molecule has 0 saturated carbocycles. The van der Waals surface area contributed by atoms with Crippen LogP contribution in [0.5, 0.6) is 0 Å². The molecule has 12 aromatic rings. The molecule has 12 rings (SSSR count). The molecule has 0 saturated heterocycles. The maximum absolute atomic E-state index is 6.53. The molecule has 0 aliphatic rings. The van der Waals surface area contributed by atoms with Gasteiger partial charge in [0.2, 0.25) is 0 Å². The van der Waals surface area contributed by atoms with Crippen LogP contribution in [0.25, 0.3) is 93.2 Å². The van der Waals surface area contributed by atoms with Crippen LogP contribution in [0.15, 0.2) is 223 Å². The summed E-state index contributed by atoms with van der Waals surface area (Å²) in [4.78, 5) is 2.39. The first kappa shape index (κ1) is 33.3. The third kappa shape index (κ3) is 5.36. The maximum atomic E-state index is 6.53. The van der Waals surface area contributed by atoms with Gasteiger partial charge in [-0.25, -0.2) is 0 Å². The number of para-hydroxylation sites is 4. The van der Waals surface area contributed by atoms with E-state index < -0.39 is 0 Å². The number of anilines is 3. The molecule has 3 heteroatoms. The van der Waals surface area contributed by atoms with Gasteiger partial charge in [0.25, 0.3) is 0 Å². The van der Waals surface area contributed by atoms with Gasteiger partial charge in [-0.1, -0.05) is 146 Å². The average Bonchev–Trinajstić information content (AvgIpc) is 3.86. The number of hydrogen-bond acceptors (Lipinski definition) is 2. The minimum atomic E-state index is 0.906. The summed E-state index contributed by atoms with van der Waals surface area (Å²) in [7, 11) is 0. The minimum Gasteiger partial charge on any atom is -0.455 e. The molecule has 0 radical (unpaired) electrons. The lowest BCUT2D eigenvalue weighted by atomic mass is 9.96. The Morgan fingerprint density at radius 1 is 0.356 bits per heavy atom. The van der Waals surface area contributed by atoms with Gasteiger partial charge in [-0.2, -0.15) is 0 Å². The number of fused-ring (bicyclic) bond motifs is 9. The SMILES string of the molecule is c1ccc(N(c2ccc(-c3cccc4ccccc34)cc2)c2ccc(-n3c4ccccc4c4ccccc43)cc2)c(-c2ccc3ccc4c5ccccc5oc4c3c2)c1. The minimum absolute atomic E-state index is 0.906. The highest BCUT2D eigenvalue weighted by atomic mass is 16.3. The average molecular weight is 753 g/mol. The summed E-state index contributed by atoms with van der Waals surface area (Å²) in [5.41, 5.74) is 13.2. The van der Waals surface area contributed by atoms with Gasteiger partial charge >= 0.3 is 0 Å². The number of nitrogens with zero attached hydrogens (tertiary/aromatic N) is 2. The van der Waals surface area contributed by atoms with Crippen LogP contribution < -0.4 is 4.90 Å². The van der Waals surface area contributed by atoms with Gasteiger partial charge in [-0.05, 0) is 106 Å². The molecule has 0 unspecified atom stereocenters. The van der Waals surface area contributed by atoms with Crippen molar-refractivity contribution in [3.05, 3.63) is 218 Å².